The van der Waals surface area contributed by atoms with Crippen molar-refractivity contribution in [1.29, 1.82) is 0 Å². The number of carbonyl (C=O) groups is 3. The molecule has 0 aromatic rings. The van der Waals surface area contributed by atoms with Crippen LogP contribution in [0.2, 0.25) is 0 Å². The average molecular weight is 258 g/mol. The van der Waals surface area contributed by atoms with Crippen molar-refractivity contribution in [3.63, 3.8) is 0 Å². The molecule has 7 heteroatoms. The van der Waals surface area contributed by atoms with Gasteiger partial charge in [0, 0.05) is 13.0 Å². The normalized spacial score (nSPS) is 19.5. The summed E-state index contributed by atoms with van der Waals surface area (Å²) in [5.74, 6) is -0.952. The van der Waals surface area contributed by atoms with E-state index in [4.69, 9.17) is 4.74 Å². The molecule has 0 saturated carbocycles. The maximum absolute atomic E-state index is 11.4. The summed E-state index contributed by atoms with van der Waals surface area (Å²) in [6.07, 6.45) is 0.829. The molecule has 0 radical (unpaired) electrons. The zero-order valence-electron chi connectivity index (χ0n) is 10.4. The zero-order chi connectivity index (χ0) is 13.4. The molecule has 0 aliphatic carbocycles. The van der Waals surface area contributed by atoms with Crippen molar-refractivity contribution in [1.82, 2.24) is 10.6 Å². The topological polar surface area (TPSA) is 93.7 Å². The molecule has 1 aliphatic heterocycles. The van der Waals surface area contributed by atoms with Gasteiger partial charge in [0.25, 0.3) is 0 Å². The minimum absolute atomic E-state index is 0.0924. The summed E-state index contributed by atoms with van der Waals surface area (Å²) in [6, 6.07) is -0.367. The number of hydrogen-bond donors (Lipinski definition) is 2. The van der Waals surface area contributed by atoms with E-state index >= 15 is 0 Å². The van der Waals surface area contributed by atoms with Crippen LogP contribution in [0.1, 0.15) is 19.8 Å². The van der Waals surface area contributed by atoms with E-state index in [1.807, 2.05) is 0 Å². The Kier molecular flexibility index (Phi) is 6.31. The molecule has 18 heavy (non-hydrogen) atoms. The third-order valence-electron chi connectivity index (χ3n) is 2.40. The van der Waals surface area contributed by atoms with Gasteiger partial charge in [-0.05, 0) is 13.3 Å². The van der Waals surface area contributed by atoms with Crippen molar-refractivity contribution < 1.29 is 23.9 Å². The van der Waals surface area contributed by atoms with Crippen LogP contribution in [-0.2, 0) is 23.9 Å². The highest BCUT2D eigenvalue weighted by Crippen LogP contribution is 2.03. The highest BCUT2D eigenvalue weighted by molar-refractivity contribution is 6.00. The largest absolute Gasteiger partial charge is 0.464 e. The second-order valence-corrected chi connectivity index (χ2v) is 3.82. The lowest BCUT2D eigenvalue weighted by molar-refractivity contribution is -0.148. The minimum atomic E-state index is -0.404. The van der Waals surface area contributed by atoms with Crippen LogP contribution in [0.3, 0.4) is 0 Å². The van der Waals surface area contributed by atoms with Crippen LogP contribution in [0, 0.1) is 0 Å². The molecule has 0 aromatic heterocycles. The van der Waals surface area contributed by atoms with Gasteiger partial charge in [-0.15, -0.1) is 0 Å². The van der Waals surface area contributed by atoms with Crippen LogP contribution in [0.15, 0.2) is 0 Å². The molecule has 1 saturated heterocycles. The van der Waals surface area contributed by atoms with E-state index in [-0.39, 0.29) is 24.5 Å². The zero-order valence-corrected chi connectivity index (χ0v) is 10.4. The standard InChI is InChI=1S/C11H18N2O5/c1-2-18-10(15)7-17-6-5-12-8-3-4-9(14)13-11(8)16/h8,12H,2-7H2,1H3,(H,13,14,16). The number of nitrogens with one attached hydrogen (secondary N) is 2. The van der Waals surface area contributed by atoms with Crippen molar-refractivity contribution in [2.75, 3.05) is 26.4 Å². The first-order chi connectivity index (χ1) is 8.63. The number of rotatable bonds is 7. The Balaban J connectivity index is 2.06. The number of amides is 2. The summed E-state index contributed by atoms with van der Waals surface area (Å²) >= 11 is 0. The van der Waals surface area contributed by atoms with Crippen molar-refractivity contribution in [2.45, 2.75) is 25.8 Å². The predicted octanol–water partition coefficient (Wildman–Crippen LogP) is -1.04. The fraction of sp³-hybridized carbons (Fsp3) is 0.727. The molecular formula is C11H18N2O5. The van der Waals surface area contributed by atoms with Gasteiger partial charge in [-0.25, -0.2) is 4.79 Å². The molecule has 1 fully saturated rings. The molecule has 1 atom stereocenters. The smallest absolute Gasteiger partial charge is 0.332 e. The van der Waals surface area contributed by atoms with E-state index in [0.717, 1.165) is 0 Å². The van der Waals surface area contributed by atoms with Gasteiger partial charge in [0.05, 0.1) is 19.3 Å². The fourth-order valence-electron chi connectivity index (χ4n) is 1.55. The molecule has 102 valence electrons. The lowest BCUT2D eigenvalue weighted by Crippen LogP contribution is -2.51. The summed E-state index contributed by atoms with van der Waals surface area (Å²) in [6.45, 7) is 2.70. The highest BCUT2D eigenvalue weighted by atomic mass is 16.6. The van der Waals surface area contributed by atoms with E-state index in [9.17, 15) is 14.4 Å². The van der Waals surface area contributed by atoms with E-state index in [1.54, 1.807) is 6.92 Å². The number of imide groups is 1. The Bertz CT molecular complexity index is 319. The monoisotopic (exact) mass is 258 g/mol. The SMILES string of the molecule is CCOC(=O)COCCNC1CCC(=O)NC1=O. The molecular weight excluding hydrogens is 240 g/mol. The molecule has 0 bridgehead atoms. The Morgan fingerprint density at radius 3 is 2.94 bits per heavy atom. The summed E-state index contributed by atoms with van der Waals surface area (Å²) in [5.41, 5.74) is 0. The third kappa shape index (κ3) is 5.24. The lowest BCUT2D eigenvalue weighted by atomic mass is 10.1. The maximum atomic E-state index is 11.4. The Morgan fingerprint density at radius 1 is 1.50 bits per heavy atom. The van der Waals surface area contributed by atoms with Gasteiger partial charge in [-0.2, -0.15) is 0 Å². The van der Waals surface area contributed by atoms with Crippen LogP contribution in [0.4, 0.5) is 0 Å². The number of piperidine rings is 1. The summed E-state index contributed by atoms with van der Waals surface area (Å²) in [4.78, 5) is 33.2. The molecule has 2 amide bonds. The number of hydrogen-bond acceptors (Lipinski definition) is 6. The van der Waals surface area contributed by atoms with E-state index in [0.29, 0.717) is 32.6 Å². The van der Waals surface area contributed by atoms with Gasteiger partial charge in [0.15, 0.2) is 0 Å². The predicted molar refractivity (Wildman–Crippen MR) is 61.6 cm³/mol. The van der Waals surface area contributed by atoms with E-state index in [1.165, 1.54) is 0 Å². The first-order valence-electron chi connectivity index (χ1n) is 5.94. The van der Waals surface area contributed by atoms with Gasteiger partial charge >= 0.3 is 5.97 Å². The van der Waals surface area contributed by atoms with E-state index in [2.05, 4.69) is 15.4 Å². The molecule has 1 heterocycles. The first-order valence-corrected chi connectivity index (χ1v) is 5.94. The molecule has 2 N–H and O–H groups in total. The fourth-order valence-corrected chi connectivity index (χ4v) is 1.55. The second kappa shape index (κ2) is 7.78. The Morgan fingerprint density at radius 2 is 2.28 bits per heavy atom. The number of ether oxygens (including phenoxy) is 2. The quantitative estimate of drug-likeness (QED) is 0.344. The van der Waals surface area contributed by atoms with Crippen LogP contribution in [-0.4, -0.2) is 50.2 Å². The molecule has 0 aromatic carbocycles. The highest BCUT2D eigenvalue weighted by Gasteiger charge is 2.25. The van der Waals surface area contributed by atoms with E-state index < -0.39 is 5.97 Å². The molecule has 1 rings (SSSR count). The van der Waals surface area contributed by atoms with Gasteiger partial charge < -0.3 is 14.8 Å². The van der Waals surface area contributed by atoms with Crippen molar-refractivity contribution >= 4 is 17.8 Å². The average Bonchev–Trinajstić information content (AvgIpc) is 2.31. The minimum Gasteiger partial charge on any atom is -0.464 e. The molecule has 1 aliphatic rings. The van der Waals surface area contributed by atoms with Gasteiger partial charge in [0.2, 0.25) is 11.8 Å². The molecule has 0 spiro atoms. The van der Waals surface area contributed by atoms with Crippen LogP contribution < -0.4 is 10.6 Å². The van der Waals surface area contributed by atoms with Crippen LogP contribution in [0.25, 0.3) is 0 Å². The number of esters is 1. The van der Waals surface area contributed by atoms with Gasteiger partial charge in [-0.3, -0.25) is 14.9 Å². The first kappa shape index (κ1) is 14.6. The van der Waals surface area contributed by atoms with Crippen molar-refractivity contribution in [3.8, 4) is 0 Å². The van der Waals surface area contributed by atoms with Crippen molar-refractivity contribution in [3.05, 3.63) is 0 Å². The summed E-state index contributed by atoms with van der Waals surface area (Å²) in [7, 11) is 0. The Hall–Kier alpha value is -1.47. The van der Waals surface area contributed by atoms with Gasteiger partial charge in [0.1, 0.15) is 6.61 Å². The third-order valence-corrected chi connectivity index (χ3v) is 2.40. The molecule has 1 unspecified atom stereocenters. The second-order valence-electron chi connectivity index (χ2n) is 3.82. The maximum Gasteiger partial charge on any atom is 0.332 e. The van der Waals surface area contributed by atoms with Gasteiger partial charge in [-0.1, -0.05) is 0 Å². The Labute approximate surface area is 105 Å². The lowest BCUT2D eigenvalue weighted by Gasteiger charge is -2.21. The summed E-state index contributed by atoms with van der Waals surface area (Å²) < 4.78 is 9.74. The van der Waals surface area contributed by atoms with Crippen LogP contribution in [0.5, 0.6) is 0 Å². The van der Waals surface area contributed by atoms with Crippen LogP contribution >= 0.6 is 0 Å². The summed E-state index contributed by atoms with van der Waals surface area (Å²) in [5, 5.41) is 5.21. The molecule has 7 nitrogen and oxygen atoms in total. The van der Waals surface area contributed by atoms with Crippen molar-refractivity contribution in [2.24, 2.45) is 0 Å². The number of carbonyl (C=O) groups excluding carboxylic acids is 3.